The number of nitrogens with zero attached hydrogens (tertiary/aromatic N) is 1. The minimum atomic E-state index is 1.02. The Kier molecular flexibility index (Phi) is 3.90. The molecule has 0 aliphatic heterocycles. The van der Waals surface area contributed by atoms with E-state index in [-0.39, 0.29) is 0 Å². The van der Waals surface area contributed by atoms with Crippen LogP contribution >= 0.6 is 23.1 Å². The van der Waals surface area contributed by atoms with E-state index >= 15 is 0 Å². The monoisotopic (exact) mass is 297 g/mol. The molecule has 0 fully saturated rings. The van der Waals surface area contributed by atoms with Gasteiger partial charge in [-0.15, -0.1) is 11.3 Å². The molecule has 0 N–H and O–H groups in total. The van der Waals surface area contributed by atoms with Gasteiger partial charge in [0.25, 0.3) is 0 Å². The van der Waals surface area contributed by atoms with Crippen LogP contribution in [0.3, 0.4) is 0 Å². The molecule has 0 atom stereocenters. The third-order valence-electron chi connectivity index (χ3n) is 3.21. The summed E-state index contributed by atoms with van der Waals surface area (Å²) in [4.78, 5) is 4.71. The van der Waals surface area contributed by atoms with Gasteiger partial charge in [-0.25, -0.2) is 4.98 Å². The maximum Gasteiger partial charge on any atom is 0.124 e. The second-order valence-corrected chi connectivity index (χ2v) is 6.43. The average Bonchev–Trinajstić information content (AvgIpc) is 2.92. The fraction of sp³-hybridized carbons (Fsp3) is 0.118. The topological polar surface area (TPSA) is 12.9 Å². The largest absolute Gasteiger partial charge is 0.236 e. The second kappa shape index (κ2) is 5.81. The lowest BCUT2D eigenvalue weighted by molar-refractivity contribution is 1.38. The lowest BCUT2D eigenvalue weighted by atomic mass is 10.1. The quantitative estimate of drug-likeness (QED) is 0.633. The SMILES string of the molecule is C=Cc1cc(-c2nc3ccccc3s2)ccc1CSC. The third-order valence-corrected chi connectivity index (χ3v) is 4.89. The molecule has 3 aromatic rings. The molecule has 0 spiro atoms. The van der Waals surface area contributed by atoms with E-state index < -0.39 is 0 Å². The van der Waals surface area contributed by atoms with Gasteiger partial charge in [0, 0.05) is 11.3 Å². The second-order valence-electron chi connectivity index (χ2n) is 4.54. The van der Waals surface area contributed by atoms with E-state index in [2.05, 4.69) is 49.2 Å². The maximum absolute atomic E-state index is 4.71. The number of thioether (sulfide) groups is 1. The molecule has 1 heterocycles. The summed E-state index contributed by atoms with van der Waals surface area (Å²) in [6.45, 7) is 3.93. The number of hydrogen-bond acceptors (Lipinski definition) is 3. The molecule has 100 valence electrons. The van der Waals surface area contributed by atoms with Crippen LogP contribution in [0.2, 0.25) is 0 Å². The van der Waals surface area contributed by atoms with E-state index in [4.69, 9.17) is 4.98 Å². The van der Waals surface area contributed by atoms with Crippen LogP contribution in [0.25, 0.3) is 26.9 Å². The molecule has 0 aliphatic carbocycles. The van der Waals surface area contributed by atoms with Crippen LogP contribution in [-0.4, -0.2) is 11.2 Å². The van der Waals surface area contributed by atoms with Crippen molar-refractivity contribution in [1.29, 1.82) is 0 Å². The number of benzene rings is 2. The molecule has 3 rings (SSSR count). The minimum absolute atomic E-state index is 1.02. The molecule has 1 nitrogen and oxygen atoms in total. The van der Waals surface area contributed by atoms with Crippen molar-refractivity contribution in [3.05, 3.63) is 60.2 Å². The van der Waals surface area contributed by atoms with Crippen molar-refractivity contribution in [2.24, 2.45) is 0 Å². The van der Waals surface area contributed by atoms with Gasteiger partial charge in [0.1, 0.15) is 5.01 Å². The molecule has 20 heavy (non-hydrogen) atoms. The van der Waals surface area contributed by atoms with E-state index in [1.807, 2.05) is 23.9 Å². The summed E-state index contributed by atoms with van der Waals surface area (Å²) >= 11 is 3.57. The van der Waals surface area contributed by atoms with Gasteiger partial charge < -0.3 is 0 Å². The lowest BCUT2D eigenvalue weighted by Gasteiger charge is -2.06. The summed E-state index contributed by atoms with van der Waals surface area (Å²) in [6, 6.07) is 14.8. The standard InChI is InChI=1S/C17H15NS2/c1-3-12-10-13(8-9-14(12)11-19-2)17-18-15-6-4-5-7-16(15)20-17/h3-10H,1,11H2,2H3. The van der Waals surface area contributed by atoms with E-state index in [0.29, 0.717) is 0 Å². The summed E-state index contributed by atoms with van der Waals surface area (Å²) in [5.74, 6) is 1.02. The van der Waals surface area contributed by atoms with Crippen LogP contribution in [0.4, 0.5) is 0 Å². The molecule has 0 saturated carbocycles. The Bertz CT molecular complexity index is 726. The smallest absolute Gasteiger partial charge is 0.124 e. The number of para-hydroxylation sites is 1. The molecule has 0 amide bonds. The highest BCUT2D eigenvalue weighted by Crippen LogP contribution is 2.31. The highest BCUT2D eigenvalue weighted by Gasteiger charge is 2.08. The zero-order valence-corrected chi connectivity index (χ0v) is 12.9. The number of rotatable bonds is 4. The van der Waals surface area contributed by atoms with Gasteiger partial charge in [0.15, 0.2) is 0 Å². The summed E-state index contributed by atoms with van der Waals surface area (Å²) in [6.07, 6.45) is 4.05. The van der Waals surface area contributed by atoms with Crippen LogP contribution in [-0.2, 0) is 5.75 Å². The van der Waals surface area contributed by atoms with Gasteiger partial charge in [-0.3, -0.25) is 0 Å². The van der Waals surface area contributed by atoms with Gasteiger partial charge in [0.2, 0.25) is 0 Å². The van der Waals surface area contributed by atoms with Crippen molar-refractivity contribution in [1.82, 2.24) is 4.98 Å². The highest BCUT2D eigenvalue weighted by molar-refractivity contribution is 7.97. The van der Waals surface area contributed by atoms with Crippen molar-refractivity contribution >= 4 is 39.4 Å². The van der Waals surface area contributed by atoms with Gasteiger partial charge in [-0.2, -0.15) is 11.8 Å². The van der Waals surface area contributed by atoms with Crippen LogP contribution in [0, 0.1) is 0 Å². The van der Waals surface area contributed by atoms with Crippen LogP contribution in [0.15, 0.2) is 49.0 Å². The van der Waals surface area contributed by atoms with E-state index in [1.54, 1.807) is 11.3 Å². The molecule has 2 aromatic carbocycles. The van der Waals surface area contributed by atoms with E-state index in [0.717, 1.165) is 16.3 Å². The molecule has 0 saturated heterocycles. The highest BCUT2D eigenvalue weighted by atomic mass is 32.2. The first kappa shape index (κ1) is 13.4. The Hall–Kier alpha value is -1.58. The maximum atomic E-state index is 4.71. The molecule has 0 radical (unpaired) electrons. The first-order valence-electron chi connectivity index (χ1n) is 6.42. The summed E-state index contributed by atoms with van der Waals surface area (Å²) in [5, 5.41) is 1.07. The first-order chi connectivity index (χ1) is 9.81. The molecular weight excluding hydrogens is 282 g/mol. The number of fused-ring (bicyclic) bond motifs is 1. The van der Waals surface area contributed by atoms with Crippen molar-refractivity contribution < 1.29 is 0 Å². The Balaban J connectivity index is 2.07. The van der Waals surface area contributed by atoms with Gasteiger partial charge >= 0.3 is 0 Å². The van der Waals surface area contributed by atoms with E-state index in [1.165, 1.54) is 21.4 Å². The predicted octanol–water partition coefficient (Wildman–Crippen LogP) is 5.47. The first-order valence-corrected chi connectivity index (χ1v) is 8.63. The molecular formula is C17H15NS2. The number of hydrogen-bond donors (Lipinski definition) is 0. The van der Waals surface area contributed by atoms with Crippen molar-refractivity contribution in [3.8, 4) is 10.6 Å². The Labute approximate surface area is 127 Å². The lowest BCUT2D eigenvalue weighted by Crippen LogP contribution is -1.87. The molecule has 3 heteroatoms. The summed E-state index contributed by atoms with van der Waals surface area (Å²) in [5.41, 5.74) is 4.78. The molecule has 1 aromatic heterocycles. The van der Waals surface area contributed by atoms with Crippen LogP contribution < -0.4 is 0 Å². The fourth-order valence-electron chi connectivity index (χ4n) is 2.20. The molecule has 0 aliphatic rings. The van der Waals surface area contributed by atoms with Crippen LogP contribution in [0.1, 0.15) is 11.1 Å². The van der Waals surface area contributed by atoms with Gasteiger partial charge in [0.05, 0.1) is 10.2 Å². The Morgan fingerprint density at radius 3 is 2.85 bits per heavy atom. The van der Waals surface area contributed by atoms with Crippen molar-refractivity contribution in [2.75, 3.05) is 6.26 Å². The fourth-order valence-corrected chi connectivity index (χ4v) is 3.74. The number of aromatic nitrogens is 1. The molecule has 0 bridgehead atoms. The predicted molar refractivity (Wildman–Crippen MR) is 92.4 cm³/mol. The Morgan fingerprint density at radius 1 is 1.25 bits per heavy atom. The van der Waals surface area contributed by atoms with Crippen molar-refractivity contribution in [3.63, 3.8) is 0 Å². The Morgan fingerprint density at radius 2 is 2.10 bits per heavy atom. The third kappa shape index (κ3) is 2.51. The van der Waals surface area contributed by atoms with Crippen molar-refractivity contribution in [2.45, 2.75) is 5.75 Å². The van der Waals surface area contributed by atoms with Gasteiger partial charge in [-0.05, 0) is 35.6 Å². The normalized spacial score (nSPS) is 10.8. The summed E-state index contributed by atoms with van der Waals surface area (Å²) in [7, 11) is 0. The average molecular weight is 297 g/mol. The zero-order valence-electron chi connectivity index (χ0n) is 11.3. The van der Waals surface area contributed by atoms with E-state index in [9.17, 15) is 0 Å². The molecule has 0 unspecified atom stereocenters. The van der Waals surface area contributed by atoms with Gasteiger partial charge in [-0.1, -0.05) is 36.9 Å². The number of thiazole rings is 1. The van der Waals surface area contributed by atoms with Crippen LogP contribution in [0.5, 0.6) is 0 Å². The zero-order chi connectivity index (χ0) is 13.9. The minimum Gasteiger partial charge on any atom is -0.236 e. The summed E-state index contributed by atoms with van der Waals surface area (Å²) < 4.78 is 1.23.